The molecule has 4 nitrogen and oxygen atoms in total. The van der Waals surface area contributed by atoms with Gasteiger partial charge in [0.15, 0.2) is 0 Å². The second-order valence-corrected chi connectivity index (χ2v) is 7.04. The second-order valence-electron chi connectivity index (χ2n) is 5.16. The van der Waals surface area contributed by atoms with Gasteiger partial charge in [-0.1, -0.05) is 45.9 Å². The number of amides is 1. The number of allylic oxidation sites excluding steroid dienone is 1. The van der Waals surface area contributed by atoms with E-state index in [0.717, 1.165) is 17.1 Å². The Morgan fingerprint density at radius 2 is 2.04 bits per heavy atom. The van der Waals surface area contributed by atoms with Gasteiger partial charge >= 0.3 is 0 Å². The maximum absolute atomic E-state index is 13.3. The van der Waals surface area contributed by atoms with Crippen LogP contribution >= 0.6 is 27.7 Å². The van der Waals surface area contributed by atoms with Gasteiger partial charge in [0.2, 0.25) is 0 Å². The number of benzene rings is 1. The van der Waals surface area contributed by atoms with E-state index in [0.29, 0.717) is 16.7 Å². The molecule has 0 radical (unpaired) electrons. The van der Waals surface area contributed by atoms with Crippen molar-refractivity contribution in [1.29, 1.82) is 0 Å². The van der Waals surface area contributed by atoms with Crippen molar-refractivity contribution < 1.29 is 9.18 Å². The number of hydrogen-bond donors (Lipinski definition) is 1. The molecule has 0 spiro atoms. The van der Waals surface area contributed by atoms with Gasteiger partial charge in [-0.2, -0.15) is 0 Å². The van der Waals surface area contributed by atoms with Gasteiger partial charge in [-0.15, -0.1) is 0 Å². The van der Waals surface area contributed by atoms with Crippen LogP contribution in [0.3, 0.4) is 0 Å². The number of halogens is 2. The number of anilines is 1. The summed E-state index contributed by atoms with van der Waals surface area (Å²) in [5.41, 5.74) is 7.30. The number of nitrogens with zero attached hydrogens (tertiary/aromatic N) is 2. The van der Waals surface area contributed by atoms with Gasteiger partial charge in [0, 0.05) is 17.2 Å². The summed E-state index contributed by atoms with van der Waals surface area (Å²) in [5, 5.41) is 0.483. The molecule has 0 fully saturated rings. The molecule has 1 aliphatic heterocycles. The molecule has 2 N–H and O–H groups in total. The third-order valence-electron chi connectivity index (χ3n) is 3.62. The van der Waals surface area contributed by atoms with Gasteiger partial charge in [-0.25, -0.2) is 9.37 Å². The predicted molar refractivity (Wildman–Crippen MR) is 98.1 cm³/mol. The van der Waals surface area contributed by atoms with E-state index in [4.69, 9.17) is 5.73 Å². The first-order valence-electron chi connectivity index (χ1n) is 7.33. The maximum Gasteiger partial charge on any atom is 0.256 e. The van der Waals surface area contributed by atoms with Crippen molar-refractivity contribution in [1.82, 2.24) is 4.98 Å². The fourth-order valence-electron chi connectivity index (χ4n) is 2.61. The van der Waals surface area contributed by atoms with Crippen LogP contribution in [0.2, 0.25) is 0 Å². The molecule has 1 amide bonds. The molecule has 0 saturated heterocycles. The van der Waals surface area contributed by atoms with Crippen molar-refractivity contribution in [2.45, 2.75) is 11.8 Å². The molecule has 7 heteroatoms. The van der Waals surface area contributed by atoms with E-state index in [2.05, 4.69) is 20.9 Å². The molecular formula is C17H15BrFN3OS. The lowest BCUT2D eigenvalue weighted by atomic mass is 10.1. The molecule has 2 heterocycles. The molecule has 1 aliphatic rings. The van der Waals surface area contributed by atoms with Crippen LogP contribution in [0.25, 0.3) is 0 Å². The Kier molecular flexibility index (Phi) is 5.20. The van der Waals surface area contributed by atoms with Gasteiger partial charge in [-0.3, -0.25) is 4.79 Å². The SMILES string of the molecule is NC(=O)C1=C(CCBr)N(c2ccccn2)C(c2ccc(F)cc2)S1. The standard InChI is InChI=1S/C17H15BrFN3OS/c18-9-8-13-15(16(20)23)24-17(11-4-6-12(19)7-5-11)22(13)14-3-1-2-10-21-14/h1-7,10,17H,8-9H2,(H2,20,23). The third-order valence-corrected chi connectivity index (χ3v) is 5.40. The minimum atomic E-state index is -0.457. The predicted octanol–water partition coefficient (Wildman–Crippen LogP) is 3.95. The van der Waals surface area contributed by atoms with Gasteiger partial charge in [-0.05, 0) is 36.2 Å². The van der Waals surface area contributed by atoms with E-state index in [1.807, 2.05) is 23.1 Å². The first kappa shape index (κ1) is 17.0. The van der Waals surface area contributed by atoms with E-state index >= 15 is 0 Å². The average Bonchev–Trinajstić information content (AvgIpc) is 2.96. The molecule has 1 aromatic carbocycles. The number of carbonyl (C=O) groups excluding carboxylic acids is 1. The second kappa shape index (κ2) is 7.36. The summed E-state index contributed by atoms with van der Waals surface area (Å²) in [7, 11) is 0. The lowest BCUT2D eigenvalue weighted by molar-refractivity contribution is -0.113. The Morgan fingerprint density at radius 1 is 1.29 bits per heavy atom. The number of hydrogen-bond acceptors (Lipinski definition) is 4. The lowest BCUT2D eigenvalue weighted by Crippen LogP contribution is -2.24. The van der Waals surface area contributed by atoms with Gasteiger partial charge < -0.3 is 10.6 Å². The molecule has 24 heavy (non-hydrogen) atoms. The molecule has 124 valence electrons. The lowest BCUT2D eigenvalue weighted by Gasteiger charge is -2.28. The topological polar surface area (TPSA) is 59.2 Å². The number of aromatic nitrogens is 1. The highest BCUT2D eigenvalue weighted by Gasteiger charge is 2.37. The Morgan fingerprint density at radius 3 is 2.62 bits per heavy atom. The molecule has 3 rings (SSSR count). The summed E-state index contributed by atoms with van der Waals surface area (Å²) < 4.78 is 13.3. The van der Waals surface area contributed by atoms with Crippen LogP contribution in [-0.2, 0) is 4.79 Å². The van der Waals surface area contributed by atoms with E-state index in [1.54, 1.807) is 18.3 Å². The van der Waals surface area contributed by atoms with Crippen LogP contribution in [-0.4, -0.2) is 16.2 Å². The van der Waals surface area contributed by atoms with Crippen LogP contribution in [0.4, 0.5) is 10.2 Å². The van der Waals surface area contributed by atoms with Crippen molar-refractivity contribution in [2.24, 2.45) is 5.73 Å². The van der Waals surface area contributed by atoms with Crippen molar-refractivity contribution in [3.63, 3.8) is 0 Å². The Hall–Kier alpha value is -1.86. The number of alkyl halides is 1. The summed E-state index contributed by atoms with van der Waals surface area (Å²) in [6, 6.07) is 11.9. The van der Waals surface area contributed by atoms with Gasteiger partial charge in [0.25, 0.3) is 5.91 Å². The average molecular weight is 408 g/mol. The molecule has 2 aromatic rings. The summed E-state index contributed by atoms with van der Waals surface area (Å²) in [6.07, 6.45) is 2.34. The summed E-state index contributed by atoms with van der Waals surface area (Å²) in [6.45, 7) is 0. The molecular weight excluding hydrogens is 393 g/mol. The quantitative estimate of drug-likeness (QED) is 0.762. The smallest absolute Gasteiger partial charge is 0.256 e. The van der Waals surface area contributed by atoms with Crippen LogP contribution in [0.1, 0.15) is 17.4 Å². The molecule has 0 aliphatic carbocycles. The van der Waals surface area contributed by atoms with E-state index in [-0.39, 0.29) is 11.2 Å². The summed E-state index contributed by atoms with van der Waals surface area (Å²) >= 11 is 4.81. The minimum Gasteiger partial charge on any atom is -0.365 e. The largest absolute Gasteiger partial charge is 0.365 e. The fraction of sp³-hybridized carbons (Fsp3) is 0.176. The van der Waals surface area contributed by atoms with Crippen LogP contribution in [0.15, 0.2) is 59.3 Å². The number of rotatable bonds is 5. The number of nitrogens with two attached hydrogens (primary N) is 1. The molecule has 1 unspecified atom stereocenters. The zero-order chi connectivity index (χ0) is 17.1. The van der Waals surface area contributed by atoms with Crippen LogP contribution in [0.5, 0.6) is 0 Å². The van der Waals surface area contributed by atoms with Gasteiger partial charge in [0.1, 0.15) is 17.0 Å². The van der Waals surface area contributed by atoms with E-state index < -0.39 is 5.91 Å². The number of thioether (sulfide) groups is 1. The first-order chi connectivity index (χ1) is 11.6. The van der Waals surface area contributed by atoms with E-state index in [9.17, 15) is 9.18 Å². The monoisotopic (exact) mass is 407 g/mol. The van der Waals surface area contributed by atoms with Crippen molar-refractivity contribution in [2.75, 3.05) is 10.2 Å². The first-order valence-corrected chi connectivity index (χ1v) is 9.33. The van der Waals surface area contributed by atoms with Gasteiger partial charge in [0.05, 0.1) is 4.91 Å². The third kappa shape index (κ3) is 3.32. The van der Waals surface area contributed by atoms with E-state index in [1.165, 1.54) is 23.9 Å². The fourth-order valence-corrected chi connectivity index (χ4v) is 4.29. The molecule has 1 atom stereocenters. The Balaban J connectivity index is 2.09. The van der Waals surface area contributed by atoms with Crippen molar-refractivity contribution in [3.8, 4) is 0 Å². The van der Waals surface area contributed by atoms with Crippen LogP contribution < -0.4 is 10.6 Å². The highest BCUT2D eigenvalue weighted by molar-refractivity contribution is 9.09. The number of primary amides is 1. The molecule has 0 bridgehead atoms. The Labute approximate surface area is 152 Å². The zero-order valence-corrected chi connectivity index (χ0v) is 15.1. The Bertz CT molecular complexity index is 767. The maximum atomic E-state index is 13.3. The summed E-state index contributed by atoms with van der Waals surface area (Å²) in [4.78, 5) is 18.9. The number of carbonyl (C=O) groups is 1. The highest BCUT2D eigenvalue weighted by Crippen LogP contribution is 2.50. The summed E-state index contributed by atoms with van der Waals surface area (Å²) in [5.74, 6) is -0.0251. The van der Waals surface area contributed by atoms with Crippen molar-refractivity contribution >= 4 is 39.4 Å². The van der Waals surface area contributed by atoms with Crippen LogP contribution in [0, 0.1) is 5.82 Å². The zero-order valence-electron chi connectivity index (χ0n) is 12.7. The highest BCUT2D eigenvalue weighted by atomic mass is 79.9. The number of pyridine rings is 1. The molecule has 0 saturated carbocycles. The minimum absolute atomic E-state index is 0.211. The molecule has 1 aromatic heterocycles. The normalized spacial score (nSPS) is 17.4. The van der Waals surface area contributed by atoms with Crippen molar-refractivity contribution in [3.05, 3.63) is 70.6 Å².